The van der Waals surface area contributed by atoms with E-state index < -0.39 is 12.2 Å². The molecular weight excluding hydrogens is 268 g/mol. The van der Waals surface area contributed by atoms with Gasteiger partial charge < -0.3 is 20.0 Å². The first kappa shape index (κ1) is 15.8. The average molecular weight is 292 g/mol. The molecule has 0 saturated carbocycles. The molecule has 1 aliphatic heterocycles. The highest BCUT2D eigenvalue weighted by molar-refractivity contribution is 5.78. The lowest BCUT2D eigenvalue weighted by Crippen LogP contribution is -2.43. The molecule has 1 aliphatic rings. The molecule has 1 saturated heterocycles. The molecule has 0 bridgehead atoms. The fraction of sp³-hybridized carbons (Fsp3) is 0.562. The summed E-state index contributed by atoms with van der Waals surface area (Å²) in [6, 6.07) is 9.71. The van der Waals surface area contributed by atoms with E-state index in [4.69, 9.17) is 0 Å². The smallest absolute Gasteiger partial charge is 0.222 e. The second-order valence-corrected chi connectivity index (χ2v) is 5.69. The van der Waals surface area contributed by atoms with Crippen molar-refractivity contribution in [3.05, 3.63) is 30.3 Å². The molecule has 21 heavy (non-hydrogen) atoms. The molecule has 0 aliphatic carbocycles. The Morgan fingerprint density at radius 3 is 2.52 bits per heavy atom. The first-order chi connectivity index (χ1) is 10.1. The quantitative estimate of drug-likeness (QED) is 0.782. The van der Waals surface area contributed by atoms with Crippen LogP contribution < -0.4 is 4.90 Å². The van der Waals surface area contributed by atoms with E-state index in [2.05, 4.69) is 0 Å². The molecule has 2 atom stereocenters. The lowest BCUT2D eigenvalue weighted by atomic mass is 10.2. The lowest BCUT2D eigenvalue weighted by molar-refractivity contribution is -0.128. The van der Waals surface area contributed by atoms with E-state index in [0.717, 1.165) is 18.7 Å². The summed E-state index contributed by atoms with van der Waals surface area (Å²) < 4.78 is 0. The number of nitrogens with zero attached hydrogens (tertiary/aromatic N) is 2. The van der Waals surface area contributed by atoms with Crippen LogP contribution in [0.4, 0.5) is 5.69 Å². The second-order valence-electron chi connectivity index (χ2n) is 5.69. The first-order valence-corrected chi connectivity index (χ1v) is 7.50. The number of aliphatic hydroxyl groups excluding tert-OH is 2. The van der Waals surface area contributed by atoms with Crippen LogP contribution in [0.2, 0.25) is 0 Å². The molecule has 0 radical (unpaired) electrons. The SMILES string of the molecule is C[C@@H](O)CN(C[C@H](O)CN1CCCC1=O)c1ccccc1. The number of para-hydroxylation sites is 1. The van der Waals surface area contributed by atoms with E-state index in [0.29, 0.717) is 26.1 Å². The highest BCUT2D eigenvalue weighted by Gasteiger charge is 2.24. The maximum Gasteiger partial charge on any atom is 0.222 e. The normalized spacial score (nSPS) is 17.9. The Kier molecular flexibility index (Phi) is 5.59. The molecule has 1 aromatic rings. The van der Waals surface area contributed by atoms with Gasteiger partial charge in [0.15, 0.2) is 0 Å². The molecule has 1 amide bonds. The van der Waals surface area contributed by atoms with Crippen molar-refractivity contribution in [1.29, 1.82) is 0 Å². The molecule has 1 aromatic carbocycles. The zero-order chi connectivity index (χ0) is 15.2. The number of anilines is 1. The number of β-amino-alcohol motifs (C(OH)–C–C–N with tert-alkyl or cyclic N) is 1. The van der Waals surface area contributed by atoms with Gasteiger partial charge in [-0.1, -0.05) is 18.2 Å². The summed E-state index contributed by atoms with van der Waals surface area (Å²) in [6.07, 6.45) is 0.363. The summed E-state index contributed by atoms with van der Waals surface area (Å²) in [5.41, 5.74) is 0.963. The number of rotatable bonds is 7. The van der Waals surface area contributed by atoms with Gasteiger partial charge in [0, 0.05) is 38.3 Å². The van der Waals surface area contributed by atoms with Crippen molar-refractivity contribution in [2.24, 2.45) is 0 Å². The minimum atomic E-state index is -0.619. The minimum Gasteiger partial charge on any atom is -0.392 e. The lowest BCUT2D eigenvalue weighted by Gasteiger charge is -2.30. The van der Waals surface area contributed by atoms with E-state index in [1.54, 1.807) is 11.8 Å². The summed E-state index contributed by atoms with van der Waals surface area (Å²) in [6.45, 7) is 3.68. The molecule has 5 nitrogen and oxygen atoms in total. The van der Waals surface area contributed by atoms with Crippen molar-refractivity contribution in [2.75, 3.05) is 31.1 Å². The Labute approximate surface area is 125 Å². The number of aliphatic hydroxyl groups is 2. The van der Waals surface area contributed by atoms with Gasteiger partial charge >= 0.3 is 0 Å². The van der Waals surface area contributed by atoms with Crippen molar-refractivity contribution in [3.8, 4) is 0 Å². The van der Waals surface area contributed by atoms with Crippen molar-refractivity contribution in [1.82, 2.24) is 4.90 Å². The number of likely N-dealkylation sites (tertiary alicyclic amines) is 1. The monoisotopic (exact) mass is 292 g/mol. The third-order valence-electron chi connectivity index (χ3n) is 3.64. The largest absolute Gasteiger partial charge is 0.392 e. The average Bonchev–Trinajstić information content (AvgIpc) is 2.84. The van der Waals surface area contributed by atoms with Crippen molar-refractivity contribution >= 4 is 11.6 Å². The Bertz CT molecular complexity index is 450. The molecule has 0 unspecified atom stereocenters. The third-order valence-corrected chi connectivity index (χ3v) is 3.64. The van der Waals surface area contributed by atoms with E-state index in [9.17, 15) is 15.0 Å². The van der Waals surface area contributed by atoms with Gasteiger partial charge in [0.2, 0.25) is 5.91 Å². The topological polar surface area (TPSA) is 64.0 Å². The third kappa shape index (κ3) is 4.72. The predicted octanol–water partition coefficient (Wildman–Crippen LogP) is 0.857. The van der Waals surface area contributed by atoms with Crippen LogP contribution in [0.1, 0.15) is 19.8 Å². The number of carbonyl (C=O) groups is 1. The van der Waals surface area contributed by atoms with Gasteiger partial charge in [-0.2, -0.15) is 0 Å². The van der Waals surface area contributed by atoms with Gasteiger partial charge in [-0.15, -0.1) is 0 Å². The van der Waals surface area contributed by atoms with Crippen LogP contribution in [0.25, 0.3) is 0 Å². The van der Waals surface area contributed by atoms with Crippen LogP contribution in [-0.2, 0) is 4.79 Å². The van der Waals surface area contributed by atoms with Crippen molar-refractivity contribution < 1.29 is 15.0 Å². The minimum absolute atomic E-state index is 0.121. The molecule has 1 heterocycles. The number of benzene rings is 1. The zero-order valence-corrected chi connectivity index (χ0v) is 12.5. The number of carbonyl (C=O) groups excluding carboxylic acids is 1. The zero-order valence-electron chi connectivity index (χ0n) is 12.5. The maximum absolute atomic E-state index is 11.6. The van der Waals surface area contributed by atoms with Gasteiger partial charge in [0.05, 0.1) is 12.2 Å². The second kappa shape index (κ2) is 7.43. The van der Waals surface area contributed by atoms with E-state index in [-0.39, 0.29) is 5.91 Å². The van der Waals surface area contributed by atoms with E-state index >= 15 is 0 Å². The first-order valence-electron chi connectivity index (χ1n) is 7.50. The van der Waals surface area contributed by atoms with Gasteiger partial charge in [-0.25, -0.2) is 0 Å². The molecular formula is C16H24N2O3. The summed E-state index contributed by atoms with van der Waals surface area (Å²) in [5.74, 6) is 0.121. The molecule has 0 aromatic heterocycles. The summed E-state index contributed by atoms with van der Waals surface area (Å²) >= 11 is 0. The molecule has 0 spiro atoms. The number of hydrogen-bond acceptors (Lipinski definition) is 4. The summed E-state index contributed by atoms with van der Waals surface area (Å²) in [5, 5.41) is 19.9. The molecule has 116 valence electrons. The van der Waals surface area contributed by atoms with Crippen LogP contribution in [0, 0.1) is 0 Å². The van der Waals surface area contributed by atoms with Gasteiger partial charge in [-0.05, 0) is 25.5 Å². The standard InChI is InChI=1S/C16H24N2O3/c1-13(19)10-18(14-6-3-2-4-7-14)12-15(20)11-17-9-5-8-16(17)21/h2-4,6-7,13,15,19-20H,5,8-12H2,1H3/t13-,15-/m1/s1. The number of hydrogen-bond donors (Lipinski definition) is 2. The highest BCUT2D eigenvalue weighted by atomic mass is 16.3. The van der Waals surface area contributed by atoms with Gasteiger partial charge in [-0.3, -0.25) is 4.79 Å². The van der Waals surface area contributed by atoms with Crippen LogP contribution >= 0.6 is 0 Å². The fourth-order valence-corrected chi connectivity index (χ4v) is 2.71. The number of amides is 1. The Hall–Kier alpha value is -1.59. The van der Waals surface area contributed by atoms with Crippen molar-refractivity contribution in [3.63, 3.8) is 0 Å². The van der Waals surface area contributed by atoms with Crippen LogP contribution in [0.3, 0.4) is 0 Å². The van der Waals surface area contributed by atoms with Crippen LogP contribution in [-0.4, -0.2) is 59.4 Å². The Morgan fingerprint density at radius 2 is 1.95 bits per heavy atom. The Morgan fingerprint density at radius 1 is 1.24 bits per heavy atom. The van der Waals surface area contributed by atoms with Crippen molar-refractivity contribution in [2.45, 2.75) is 32.0 Å². The highest BCUT2D eigenvalue weighted by Crippen LogP contribution is 2.16. The predicted molar refractivity (Wildman–Crippen MR) is 82.2 cm³/mol. The van der Waals surface area contributed by atoms with Crippen LogP contribution in [0.5, 0.6) is 0 Å². The summed E-state index contributed by atoms with van der Waals surface area (Å²) in [4.78, 5) is 15.3. The molecule has 5 heteroatoms. The molecule has 1 fully saturated rings. The van der Waals surface area contributed by atoms with Gasteiger partial charge in [0.1, 0.15) is 0 Å². The maximum atomic E-state index is 11.6. The Balaban J connectivity index is 1.96. The van der Waals surface area contributed by atoms with E-state index in [1.165, 1.54) is 0 Å². The van der Waals surface area contributed by atoms with Crippen LogP contribution in [0.15, 0.2) is 30.3 Å². The molecule has 2 N–H and O–H groups in total. The van der Waals surface area contributed by atoms with E-state index in [1.807, 2.05) is 35.2 Å². The fourth-order valence-electron chi connectivity index (χ4n) is 2.71. The summed E-state index contributed by atoms with van der Waals surface area (Å²) in [7, 11) is 0. The molecule has 2 rings (SSSR count). The van der Waals surface area contributed by atoms with Gasteiger partial charge in [0.25, 0.3) is 0 Å².